The third-order valence-electron chi connectivity index (χ3n) is 5.69. The molecule has 1 N–H and O–H groups in total. The van der Waals surface area contributed by atoms with Crippen LogP contribution in [0.3, 0.4) is 0 Å². The summed E-state index contributed by atoms with van der Waals surface area (Å²) in [6, 6.07) is 7.56. The molecule has 1 aromatic carbocycles. The lowest BCUT2D eigenvalue weighted by molar-refractivity contribution is 0.249. The number of halogens is 2. The minimum atomic E-state index is -0.198. The highest BCUT2D eigenvalue weighted by Crippen LogP contribution is 2.25. The summed E-state index contributed by atoms with van der Waals surface area (Å²) in [4.78, 5) is 9.96. The Kier molecular flexibility index (Phi) is 8.34. The predicted molar refractivity (Wildman–Crippen MR) is 122 cm³/mol. The lowest BCUT2D eigenvalue weighted by atomic mass is 9.85. The van der Waals surface area contributed by atoms with Crippen molar-refractivity contribution in [2.75, 3.05) is 39.3 Å². The van der Waals surface area contributed by atoms with Gasteiger partial charge in [0, 0.05) is 31.1 Å². The molecular weight excluding hydrogens is 454 g/mol. The fourth-order valence-corrected chi connectivity index (χ4v) is 4.04. The average Bonchev–Trinajstić information content (AvgIpc) is 3.29. The van der Waals surface area contributed by atoms with Crippen molar-refractivity contribution in [1.82, 2.24) is 15.1 Å². The number of guanidine groups is 1. The van der Waals surface area contributed by atoms with E-state index in [1.807, 2.05) is 6.07 Å². The van der Waals surface area contributed by atoms with Crippen LogP contribution in [0.15, 0.2) is 29.3 Å². The Labute approximate surface area is 180 Å². The summed E-state index contributed by atoms with van der Waals surface area (Å²) >= 11 is 0. The summed E-state index contributed by atoms with van der Waals surface area (Å²) in [5, 5.41) is 3.45. The standard InChI is InChI=1S/C21H33FN4.HI/c1-4-23-20(26-13-10-19(15-26)25-11-5-6-12-25)24-16-21(2,3)17-8-7-9-18(22)14-17;/h7-9,14,19H,4-6,10-13,15-16H2,1-3H3,(H,23,24);1H. The van der Waals surface area contributed by atoms with E-state index in [9.17, 15) is 4.39 Å². The number of likely N-dealkylation sites (tertiary alicyclic amines) is 2. The molecule has 152 valence electrons. The molecule has 2 saturated heterocycles. The van der Waals surface area contributed by atoms with Crippen LogP contribution in [0.4, 0.5) is 4.39 Å². The molecule has 2 fully saturated rings. The van der Waals surface area contributed by atoms with Gasteiger partial charge < -0.3 is 10.2 Å². The van der Waals surface area contributed by atoms with Crippen LogP contribution < -0.4 is 5.32 Å². The van der Waals surface area contributed by atoms with E-state index in [1.165, 1.54) is 38.4 Å². The number of nitrogens with one attached hydrogen (secondary N) is 1. The van der Waals surface area contributed by atoms with Crippen LogP contribution in [0.1, 0.15) is 45.6 Å². The fourth-order valence-electron chi connectivity index (χ4n) is 4.04. The monoisotopic (exact) mass is 488 g/mol. The van der Waals surface area contributed by atoms with Gasteiger partial charge in [-0.25, -0.2) is 4.39 Å². The first-order valence-corrected chi connectivity index (χ1v) is 10.0. The Bertz CT molecular complexity index is 628. The zero-order valence-electron chi connectivity index (χ0n) is 16.9. The van der Waals surface area contributed by atoms with Crippen molar-refractivity contribution in [3.63, 3.8) is 0 Å². The highest BCUT2D eigenvalue weighted by molar-refractivity contribution is 14.0. The van der Waals surface area contributed by atoms with Gasteiger partial charge in [0.15, 0.2) is 5.96 Å². The average molecular weight is 488 g/mol. The maximum absolute atomic E-state index is 13.6. The minimum Gasteiger partial charge on any atom is -0.357 e. The smallest absolute Gasteiger partial charge is 0.193 e. The molecule has 4 nitrogen and oxygen atoms in total. The van der Waals surface area contributed by atoms with Gasteiger partial charge >= 0.3 is 0 Å². The Morgan fingerprint density at radius 1 is 1.26 bits per heavy atom. The first-order chi connectivity index (χ1) is 12.5. The lowest BCUT2D eigenvalue weighted by Gasteiger charge is -2.27. The van der Waals surface area contributed by atoms with E-state index < -0.39 is 0 Å². The van der Waals surface area contributed by atoms with E-state index in [2.05, 4.69) is 35.9 Å². The van der Waals surface area contributed by atoms with Gasteiger partial charge in [-0.05, 0) is 57.0 Å². The summed E-state index contributed by atoms with van der Waals surface area (Å²) in [5.41, 5.74) is 0.796. The summed E-state index contributed by atoms with van der Waals surface area (Å²) in [5.74, 6) is 0.818. The molecular formula is C21H34FIN4. The Hall–Kier alpha value is -0.890. The molecule has 27 heavy (non-hydrogen) atoms. The van der Waals surface area contributed by atoms with Crippen LogP contribution in [-0.4, -0.2) is 61.1 Å². The van der Waals surface area contributed by atoms with Gasteiger partial charge in [-0.1, -0.05) is 26.0 Å². The van der Waals surface area contributed by atoms with Gasteiger partial charge in [-0.15, -0.1) is 24.0 Å². The molecule has 0 bridgehead atoms. The zero-order valence-corrected chi connectivity index (χ0v) is 19.2. The summed E-state index contributed by atoms with van der Waals surface area (Å²) in [7, 11) is 0. The molecule has 0 amide bonds. The van der Waals surface area contributed by atoms with Gasteiger partial charge in [0.25, 0.3) is 0 Å². The molecule has 2 aliphatic rings. The molecule has 1 aromatic rings. The lowest BCUT2D eigenvalue weighted by Crippen LogP contribution is -2.43. The number of nitrogens with zero attached hydrogens (tertiary/aromatic N) is 3. The zero-order chi connectivity index (χ0) is 18.6. The number of rotatable bonds is 5. The molecule has 0 saturated carbocycles. The predicted octanol–water partition coefficient (Wildman–Crippen LogP) is 3.86. The molecule has 0 radical (unpaired) electrons. The molecule has 2 heterocycles. The van der Waals surface area contributed by atoms with Gasteiger partial charge in [0.05, 0.1) is 6.54 Å². The first-order valence-electron chi connectivity index (χ1n) is 10.0. The highest BCUT2D eigenvalue weighted by atomic mass is 127. The molecule has 1 unspecified atom stereocenters. The summed E-state index contributed by atoms with van der Waals surface area (Å²) < 4.78 is 13.6. The number of benzene rings is 1. The van der Waals surface area contributed by atoms with Crippen LogP contribution >= 0.6 is 24.0 Å². The van der Waals surface area contributed by atoms with E-state index >= 15 is 0 Å². The van der Waals surface area contributed by atoms with E-state index in [-0.39, 0.29) is 35.2 Å². The Balaban J connectivity index is 0.00000261. The van der Waals surface area contributed by atoms with E-state index in [1.54, 1.807) is 12.1 Å². The topological polar surface area (TPSA) is 30.9 Å². The minimum absolute atomic E-state index is 0. The normalized spacial score (nSPS) is 21.4. The molecule has 3 rings (SSSR count). The third kappa shape index (κ3) is 5.79. The highest BCUT2D eigenvalue weighted by Gasteiger charge is 2.31. The molecule has 1 atom stereocenters. The number of hydrogen-bond acceptors (Lipinski definition) is 2. The van der Waals surface area contributed by atoms with Crippen LogP contribution in [0.2, 0.25) is 0 Å². The SMILES string of the molecule is CCNC(=NCC(C)(C)c1cccc(F)c1)N1CCC(N2CCCC2)C1.I. The fraction of sp³-hybridized carbons (Fsp3) is 0.667. The second-order valence-corrected chi connectivity index (χ2v) is 8.20. The van der Waals surface area contributed by atoms with Gasteiger partial charge in [0.1, 0.15) is 5.82 Å². The van der Waals surface area contributed by atoms with E-state index in [0.29, 0.717) is 12.6 Å². The summed E-state index contributed by atoms with van der Waals surface area (Å²) in [6.45, 7) is 12.5. The largest absolute Gasteiger partial charge is 0.357 e. The first kappa shape index (κ1) is 22.4. The van der Waals surface area contributed by atoms with Crippen LogP contribution in [-0.2, 0) is 5.41 Å². The molecule has 0 aromatic heterocycles. The van der Waals surface area contributed by atoms with Crippen molar-refractivity contribution < 1.29 is 4.39 Å². The molecule has 0 aliphatic carbocycles. The molecule has 2 aliphatic heterocycles. The maximum Gasteiger partial charge on any atom is 0.193 e. The van der Waals surface area contributed by atoms with Crippen molar-refractivity contribution in [2.24, 2.45) is 4.99 Å². The number of hydrogen-bond donors (Lipinski definition) is 1. The van der Waals surface area contributed by atoms with Crippen molar-refractivity contribution in [3.8, 4) is 0 Å². The molecule has 0 spiro atoms. The van der Waals surface area contributed by atoms with Gasteiger partial charge in [-0.3, -0.25) is 9.89 Å². The van der Waals surface area contributed by atoms with Crippen LogP contribution in [0.25, 0.3) is 0 Å². The maximum atomic E-state index is 13.6. The third-order valence-corrected chi connectivity index (χ3v) is 5.69. The van der Waals surface area contributed by atoms with Crippen LogP contribution in [0, 0.1) is 5.82 Å². The summed E-state index contributed by atoms with van der Waals surface area (Å²) in [6.07, 6.45) is 3.90. The van der Waals surface area contributed by atoms with Gasteiger partial charge in [0.2, 0.25) is 0 Å². The van der Waals surface area contributed by atoms with Crippen molar-refractivity contribution >= 4 is 29.9 Å². The Morgan fingerprint density at radius 2 is 2.00 bits per heavy atom. The van der Waals surface area contributed by atoms with Crippen molar-refractivity contribution in [1.29, 1.82) is 0 Å². The molecule has 6 heteroatoms. The Morgan fingerprint density at radius 3 is 2.67 bits per heavy atom. The van der Waals surface area contributed by atoms with Crippen molar-refractivity contribution in [3.05, 3.63) is 35.6 Å². The quantitative estimate of drug-likeness (QED) is 0.388. The van der Waals surface area contributed by atoms with E-state index in [0.717, 1.165) is 31.2 Å². The van der Waals surface area contributed by atoms with Crippen molar-refractivity contribution in [2.45, 2.75) is 51.5 Å². The number of aliphatic imine (C=N–C) groups is 1. The van der Waals surface area contributed by atoms with Crippen LogP contribution in [0.5, 0.6) is 0 Å². The second-order valence-electron chi connectivity index (χ2n) is 8.20. The second kappa shape index (κ2) is 10.0. The van der Waals surface area contributed by atoms with Gasteiger partial charge in [-0.2, -0.15) is 0 Å². The van der Waals surface area contributed by atoms with E-state index in [4.69, 9.17) is 4.99 Å².